The molecule has 0 unspecified atom stereocenters. The molecule has 1 N–H and O–H groups in total. The van der Waals surface area contributed by atoms with Crippen LogP contribution >= 0.6 is 11.6 Å². The maximum Gasteiger partial charge on any atom is 0.335 e. The highest BCUT2D eigenvalue weighted by Crippen LogP contribution is 2.29. The molecule has 0 saturated heterocycles. The second-order valence-electron chi connectivity index (χ2n) is 5.45. The fourth-order valence-corrected chi connectivity index (χ4v) is 2.93. The summed E-state index contributed by atoms with van der Waals surface area (Å²) in [6, 6.07) is 10.8. The van der Waals surface area contributed by atoms with Crippen LogP contribution in [0.1, 0.15) is 21.5 Å². The summed E-state index contributed by atoms with van der Waals surface area (Å²) in [4.78, 5) is 15.5. The van der Waals surface area contributed by atoms with Gasteiger partial charge in [0.1, 0.15) is 5.15 Å². The topological polar surface area (TPSA) is 68.0 Å². The summed E-state index contributed by atoms with van der Waals surface area (Å²) in [5.41, 5.74) is 3.67. The molecule has 0 saturated carbocycles. The highest BCUT2D eigenvalue weighted by Gasteiger charge is 2.17. The number of hydrogen-bond donors (Lipinski definition) is 1. The fourth-order valence-electron chi connectivity index (χ4n) is 2.71. The number of carbonyl (C=O) groups is 1. The van der Waals surface area contributed by atoms with Gasteiger partial charge >= 0.3 is 5.97 Å². The van der Waals surface area contributed by atoms with Gasteiger partial charge in [-0.25, -0.2) is 4.79 Å². The van der Waals surface area contributed by atoms with Gasteiger partial charge in [-0.15, -0.1) is 0 Å². The van der Waals surface area contributed by atoms with E-state index in [9.17, 15) is 9.90 Å². The quantitative estimate of drug-likeness (QED) is 0.769. The van der Waals surface area contributed by atoms with Gasteiger partial charge in [-0.1, -0.05) is 29.8 Å². The molecular weight excluding hydrogens is 326 g/mol. The number of hydrogen-bond acceptors (Lipinski definition) is 3. The first kappa shape index (κ1) is 16.2. The Bertz CT molecular complexity index is 875. The smallest absolute Gasteiger partial charge is 0.335 e. The molecule has 0 bridgehead atoms. The summed E-state index contributed by atoms with van der Waals surface area (Å²) in [5, 5.41) is 14.3. The Morgan fingerprint density at radius 2 is 2.00 bits per heavy atom. The maximum absolute atomic E-state index is 11.3. The van der Waals surface area contributed by atoms with E-state index in [1.54, 1.807) is 36.3 Å². The lowest BCUT2D eigenvalue weighted by molar-refractivity contribution is 0.0695. The van der Waals surface area contributed by atoms with Gasteiger partial charge in [0.15, 0.2) is 0 Å². The van der Waals surface area contributed by atoms with Crippen molar-refractivity contribution in [3.63, 3.8) is 0 Å². The number of benzene rings is 1. The van der Waals surface area contributed by atoms with E-state index in [2.05, 4.69) is 10.1 Å². The zero-order chi connectivity index (χ0) is 17.1. The zero-order valence-corrected chi connectivity index (χ0v) is 13.9. The number of aromatic nitrogens is 3. The molecule has 5 nitrogen and oxygen atoms in total. The van der Waals surface area contributed by atoms with Gasteiger partial charge in [0.2, 0.25) is 0 Å². The second-order valence-corrected chi connectivity index (χ2v) is 5.80. The lowest BCUT2D eigenvalue weighted by atomic mass is 9.99. The van der Waals surface area contributed by atoms with Crippen LogP contribution < -0.4 is 0 Å². The predicted molar refractivity (Wildman–Crippen MR) is 92.3 cm³/mol. The van der Waals surface area contributed by atoms with Crippen LogP contribution in [0.3, 0.4) is 0 Å². The van der Waals surface area contributed by atoms with Crippen LogP contribution in [0.2, 0.25) is 5.15 Å². The van der Waals surface area contributed by atoms with Gasteiger partial charge in [-0.2, -0.15) is 5.10 Å². The van der Waals surface area contributed by atoms with Crippen LogP contribution in [0, 0.1) is 0 Å². The molecule has 0 spiro atoms. The summed E-state index contributed by atoms with van der Waals surface area (Å²) in [5.74, 6) is -0.921. The van der Waals surface area contributed by atoms with Gasteiger partial charge in [0.25, 0.3) is 0 Å². The molecule has 3 aromatic rings. The van der Waals surface area contributed by atoms with Gasteiger partial charge < -0.3 is 5.11 Å². The SMILES string of the molecule is Cn1nc(-c2cccnc2)c(CCc2ccccc2C(=O)O)c1Cl. The lowest BCUT2D eigenvalue weighted by Gasteiger charge is -2.07. The van der Waals surface area contributed by atoms with E-state index in [4.69, 9.17) is 11.6 Å². The molecule has 122 valence electrons. The van der Waals surface area contributed by atoms with Gasteiger partial charge in [-0.3, -0.25) is 9.67 Å². The van der Waals surface area contributed by atoms with E-state index in [-0.39, 0.29) is 0 Å². The third kappa shape index (κ3) is 3.16. The fraction of sp³-hybridized carbons (Fsp3) is 0.167. The van der Waals surface area contributed by atoms with Gasteiger partial charge in [0.05, 0.1) is 11.3 Å². The summed E-state index contributed by atoms with van der Waals surface area (Å²) in [7, 11) is 1.79. The van der Waals surface area contributed by atoms with E-state index in [1.807, 2.05) is 24.3 Å². The third-order valence-corrected chi connectivity index (χ3v) is 4.37. The lowest BCUT2D eigenvalue weighted by Crippen LogP contribution is -2.03. The predicted octanol–water partition coefficient (Wildman–Crippen LogP) is 3.62. The molecule has 2 aromatic heterocycles. The van der Waals surface area contributed by atoms with E-state index < -0.39 is 5.97 Å². The number of carboxylic acids is 1. The van der Waals surface area contributed by atoms with Crippen molar-refractivity contribution in [2.45, 2.75) is 12.8 Å². The average Bonchev–Trinajstić information content (AvgIpc) is 2.89. The normalized spacial score (nSPS) is 10.8. The first-order valence-electron chi connectivity index (χ1n) is 7.51. The summed E-state index contributed by atoms with van der Waals surface area (Å²) < 4.78 is 1.63. The van der Waals surface area contributed by atoms with Crippen LogP contribution in [-0.2, 0) is 19.9 Å². The minimum Gasteiger partial charge on any atom is -0.478 e. The molecule has 6 heteroatoms. The number of rotatable bonds is 5. The van der Waals surface area contributed by atoms with Crippen LogP contribution in [0.15, 0.2) is 48.8 Å². The summed E-state index contributed by atoms with van der Waals surface area (Å²) >= 11 is 6.40. The van der Waals surface area contributed by atoms with Crippen LogP contribution in [0.4, 0.5) is 0 Å². The molecule has 1 aromatic carbocycles. The van der Waals surface area contributed by atoms with Crippen molar-refractivity contribution < 1.29 is 9.90 Å². The monoisotopic (exact) mass is 341 g/mol. The number of carboxylic acid groups (broad SMARTS) is 1. The Labute approximate surface area is 144 Å². The third-order valence-electron chi connectivity index (χ3n) is 3.90. The standard InChI is InChI=1S/C18H16ClN3O2/c1-22-17(19)15(16(21-22)13-6-4-10-20-11-13)9-8-12-5-2-3-7-14(12)18(23)24/h2-7,10-11H,8-9H2,1H3,(H,23,24). The number of aromatic carboxylic acids is 1. The van der Waals surface area contributed by atoms with Crippen molar-refractivity contribution in [2.24, 2.45) is 7.05 Å². The zero-order valence-electron chi connectivity index (χ0n) is 13.1. The van der Waals surface area contributed by atoms with Crippen molar-refractivity contribution in [2.75, 3.05) is 0 Å². The molecule has 0 radical (unpaired) electrons. The Kier molecular flexibility index (Phi) is 4.62. The molecule has 0 atom stereocenters. The number of halogens is 1. The summed E-state index contributed by atoms with van der Waals surface area (Å²) in [6.07, 6.45) is 4.62. The van der Waals surface area contributed by atoms with Gasteiger partial charge in [-0.05, 0) is 36.6 Å². The Morgan fingerprint density at radius 1 is 1.21 bits per heavy atom. The largest absolute Gasteiger partial charge is 0.478 e. The van der Waals surface area contributed by atoms with E-state index in [0.29, 0.717) is 23.6 Å². The van der Waals surface area contributed by atoms with E-state index in [0.717, 1.165) is 22.4 Å². The van der Waals surface area contributed by atoms with Crippen LogP contribution in [-0.4, -0.2) is 25.8 Å². The Morgan fingerprint density at radius 3 is 2.71 bits per heavy atom. The van der Waals surface area contributed by atoms with E-state index >= 15 is 0 Å². The molecule has 0 fully saturated rings. The minimum absolute atomic E-state index is 0.320. The highest BCUT2D eigenvalue weighted by atomic mass is 35.5. The van der Waals surface area contributed by atoms with E-state index in [1.165, 1.54) is 0 Å². The van der Waals surface area contributed by atoms with Crippen molar-refractivity contribution >= 4 is 17.6 Å². The maximum atomic E-state index is 11.3. The number of aryl methyl sites for hydroxylation is 2. The van der Waals surface area contributed by atoms with Crippen molar-refractivity contribution in [1.29, 1.82) is 0 Å². The highest BCUT2D eigenvalue weighted by molar-refractivity contribution is 6.30. The summed E-state index contributed by atoms with van der Waals surface area (Å²) in [6.45, 7) is 0. The van der Waals surface area contributed by atoms with Crippen molar-refractivity contribution in [3.05, 3.63) is 70.6 Å². The van der Waals surface area contributed by atoms with Crippen molar-refractivity contribution in [3.8, 4) is 11.3 Å². The molecule has 0 aliphatic heterocycles. The molecule has 3 rings (SSSR count). The van der Waals surface area contributed by atoms with Crippen LogP contribution in [0.5, 0.6) is 0 Å². The molecule has 0 aliphatic rings. The molecule has 0 aliphatic carbocycles. The molecule has 2 heterocycles. The minimum atomic E-state index is -0.921. The Balaban J connectivity index is 1.93. The Hall–Kier alpha value is -2.66. The average molecular weight is 342 g/mol. The van der Waals surface area contributed by atoms with Gasteiger partial charge in [0, 0.05) is 30.6 Å². The number of pyridine rings is 1. The second kappa shape index (κ2) is 6.84. The molecular formula is C18H16ClN3O2. The van der Waals surface area contributed by atoms with Crippen molar-refractivity contribution in [1.82, 2.24) is 14.8 Å². The number of nitrogens with zero attached hydrogens (tertiary/aromatic N) is 3. The molecule has 24 heavy (non-hydrogen) atoms. The molecule has 0 amide bonds. The first-order valence-corrected chi connectivity index (χ1v) is 7.88. The first-order chi connectivity index (χ1) is 11.6. The van der Waals surface area contributed by atoms with Crippen LogP contribution in [0.25, 0.3) is 11.3 Å².